The third-order valence-corrected chi connectivity index (χ3v) is 5.36. The molecule has 0 saturated heterocycles. The number of rotatable bonds is 7. The molecule has 1 atom stereocenters. The van der Waals surface area contributed by atoms with Gasteiger partial charge in [-0.2, -0.15) is 0 Å². The van der Waals surface area contributed by atoms with E-state index in [9.17, 15) is 8.42 Å². The third kappa shape index (κ3) is 4.23. The van der Waals surface area contributed by atoms with Crippen LogP contribution in [0.4, 0.5) is 0 Å². The Hall–Kier alpha value is -1.50. The van der Waals surface area contributed by atoms with Crippen LogP contribution in [-0.2, 0) is 9.84 Å². The Balaban J connectivity index is 2.08. The molecule has 1 heterocycles. The molecule has 0 spiro atoms. The van der Waals surface area contributed by atoms with E-state index in [0.29, 0.717) is 12.8 Å². The summed E-state index contributed by atoms with van der Waals surface area (Å²) in [7, 11) is -2.93. The van der Waals surface area contributed by atoms with Gasteiger partial charge in [-0.3, -0.25) is 16.3 Å². The molecule has 0 aliphatic rings. The molecule has 0 bridgehead atoms. The minimum absolute atomic E-state index is 0.137. The molecule has 0 aliphatic heterocycles. The molecular formula is C15H21N3O2S. The molecule has 1 aromatic carbocycles. The monoisotopic (exact) mass is 307 g/mol. The van der Waals surface area contributed by atoms with Crippen molar-refractivity contribution in [1.29, 1.82) is 0 Å². The zero-order chi connectivity index (χ0) is 15.3. The minimum atomic E-state index is -2.93. The summed E-state index contributed by atoms with van der Waals surface area (Å²) in [4.78, 5) is 4.59. The first kappa shape index (κ1) is 15.9. The second kappa shape index (κ2) is 6.98. The van der Waals surface area contributed by atoms with Crippen molar-refractivity contribution in [1.82, 2.24) is 10.4 Å². The van der Waals surface area contributed by atoms with E-state index in [1.165, 1.54) is 0 Å². The molecule has 2 rings (SSSR count). The maximum absolute atomic E-state index is 11.5. The van der Waals surface area contributed by atoms with Crippen LogP contribution in [0.25, 0.3) is 10.9 Å². The van der Waals surface area contributed by atoms with Crippen molar-refractivity contribution in [2.24, 2.45) is 5.84 Å². The van der Waals surface area contributed by atoms with E-state index < -0.39 is 9.84 Å². The van der Waals surface area contributed by atoms with Crippen LogP contribution < -0.4 is 11.3 Å². The van der Waals surface area contributed by atoms with Gasteiger partial charge in [0.15, 0.2) is 0 Å². The number of nitrogens with two attached hydrogens (primary N) is 1. The van der Waals surface area contributed by atoms with Crippen LogP contribution in [0.1, 0.15) is 31.5 Å². The Kier molecular flexibility index (Phi) is 5.27. The molecule has 0 saturated carbocycles. The highest BCUT2D eigenvalue weighted by atomic mass is 32.2. The lowest BCUT2D eigenvalue weighted by atomic mass is 10.1. The number of benzene rings is 1. The highest BCUT2D eigenvalue weighted by Gasteiger charge is 2.14. The zero-order valence-electron chi connectivity index (χ0n) is 12.1. The van der Waals surface area contributed by atoms with E-state index >= 15 is 0 Å². The zero-order valence-corrected chi connectivity index (χ0v) is 12.9. The fraction of sp³-hybridized carbons (Fsp3) is 0.400. The van der Waals surface area contributed by atoms with Crippen LogP contribution in [0, 0.1) is 0 Å². The number of nitrogens with zero attached hydrogens (tertiary/aromatic N) is 1. The Labute approximate surface area is 125 Å². The summed E-state index contributed by atoms with van der Waals surface area (Å²) in [5, 5.41) is 1.07. The van der Waals surface area contributed by atoms with E-state index in [1.54, 1.807) is 6.92 Å². The molecular weight excluding hydrogens is 286 g/mol. The van der Waals surface area contributed by atoms with E-state index in [1.807, 2.05) is 36.4 Å². The number of hydrogen-bond donors (Lipinski definition) is 2. The lowest BCUT2D eigenvalue weighted by molar-refractivity contribution is 0.497. The number of aromatic nitrogens is 1. The standard InChI is InChI=1S/C15H21N3O2S/c1-2-21(19,20)11-5-8-15(18-16)14-10-9-12-6-3-4-7-13(12)17-14/h3-4,6-7,9-10,15,18H,2,5,8,11,16H2,1H3. The summed E-state index contributed by atoms with van der Waals surface area (Å²) < 4.78 is 23.0. The van der Waals surface area contributed by atoms with Crippen molar-refractivity contribution in [3.8, 4) is 0 Å². The normalized spacial score (nSPS) is 13.4. The second-order valence-corrected chi connectivity index (χ2v) is 7.50. The van der Waals surface area contributed by atoms with Crippen LogP contribution in [0.3, 0.4) is 0 Å². The van der Waals surface area contributed by atoms with E-state index in [0.717, 1.165) is 16.6 Å². The van der Waals surface area contributed by atoms with Gasteiger partial charge in [-0.25, -0.2) is 8.42 Å². The number of nitrogens with one attached hydrogen (secondary N) is 1. The number of pyridine rings is 1. The molecule has 0 amide bonds. The Morgan fingerprint density at radius 3 is 2.71 bits per heavy atom. The molecule has 1 unspecified atom stereocenters. The van der Waals surface area contributed by atoms with Gasteiger partial charge in [0.2, 0.25) is 0 Å². The Morgan fingerprint density at radius 1 is 1.24 bits per heavy atom. The highest BCUT2D eigenvalue weighted by Crippen LogP contribution is 2.20. The van der Waals surface area contributed by atoms with E-state index in [4.69, 9.17) is 5.84 Å². The first-order valence-corrected chi connectivity index (χ1v) is 8.90. The summed E-state index contributed by atoms with van der Waals surface area (Å²) >= 11 is 0. The maximum Gasteiger partial charge on any atom is 0.150 e. The lowest BCUT2D eigenvalue weighted by Gasteiger charge is -2.15. The largest absolute Gasteiger partial charge is 0.271 e. The highest BCUT2D eigenvalue weighted by molar-refractivity contribution is 7.91. The molecule has 0 aliphatic carbocycles. The lowest BCUT2D eigenvalue weighted by Crippen LogP contribution is -2.29. The smallest absolute Gasteiger partial charge is 0.150 e. The van der Waals surface area contributed by atoms with Gasteiger partial charge in [0, 0.05) is 11.1 Å². The van der Waals surface area contributed by atoms with Gasteiger partial charge < -0.3 is 0 Å². The summed E-state index contributed by atoms with van der Waals surface area (Å²) in [6.45, 7) is 1.67. The molecule has 3 N–H and O–H groups in total. The minimum Gasteiger partial charge on any atom is -0.271 e. The van der Waals surface area contributed by atoms with Crippen LogP contribution in [0.5, 0.6) is 0 Å². The summed E-state index contributed by atoms with van der Waals surface area (Å²) in [6.07, 6.45) is 1.21. The van der Waals surface area contributed by atoms with Gasteiger partial charge in [-0.1, -0.05) is 31.2 Å². The summed E-state index contributed by atoms with van der Waals surface area (Å²) in [5.74, 6) is 5.96. The predicted molar refractivity (Wildman–Crippen MR) is 85.4 cm³/mol. The Morgan fingerprint density at radius 2 is 2.00 bits per heavy atom. The van der Waals surface area contributed by atoms with Gasteiger partial charge in [-0.15, -0.1) is 0 Å². The van der Waals surface area contributed by atoms with Crippen LogP contribution in [0.15, 0.2) is 36.4 Å². The summed E-state index contributed by atoms with van der Waals surface area (Å²) in [6, 6.07) is 11.7. The topological polar surface area (TPSA) is 85.1 Å². The molecule has 1 aromatic heterocycles. The van der Waals surface area contributed by atoms with Crippen LogP contribution >= 0.6 is 0 Å². The fourth-order valence-corrected chi connectivity index (χ4v) is 3.14. The van der Waals surface area contributed by atoms with Crippen molar-refractivity contribution < 1.29 is 8.42 Å². The first-order valence-electron chi connectivity index (χ1n) is 7.08. The molecule has 21 heavy (non-hydrogen) atoms. The molecule has 6 heteroatoms. The summed E-state index contributed by atoms with van der Waals surface area (Å²) in [5.41, 5.74) is 4.48. The quantitative estimate of drug-likeness (QED) is 0.603. The van der Waals surface area contributed by atoms with Gasteiger partial charge in [-0.05, 0) is 25.0 Å². The molecule has 114 valence electrons. The van der Waals surface area contributed by atoms with Gasteiger partial charge in [0.1, 0.15) is 9.84 Å². The fourth-order valence-electron chi connectivity index (χ4n) is 2.24. The van der Waals surface area contributed by atoms with Crippen LogP contribution in [0.2, 0.25) is 0 Å². The van der Waals surface area contributed by atoms with Crippen molar-refractivity contribution in [3.05, 3.63) is 42.1 Å². The maximum atomic E-state index is 11.5. The van der Waals surface area contributed by atoms with Crippen molar-refractivity contribution in [2.75, 3.05) is 11.5 Å². The number of sulfone groups is 1. The van der Waals surface area contributed by atoms with Gasteiger partial charge in [0.25, 0.3) is 0 Å². The van der Waals surface area contributed by atoms with Crippen LogP contribution in [-0.4, -0.2) is 24.9 Å². The van der Waals surface area contributed by atoms with E-state index in [2.05, 4.69) is 10.4 Å². The Bertz CT molecular complexity index is 701. The predicted octanol–water partition coefficient (Wildman–Crippen LogP) is 1.95. The molecule has 0 radical (unpaired) electrons. The molecule has 2 aromatic rings. The number of hydrogen-bond acceptors (Lipinski definition) is 5. The number of hydrazine groups is 1. The SMILES string of the molecule is CCS(=O)(=O)CCCC(NN)c1ccc2ccccc2n1. The number of fused-ring (bicyclic) bond motifs is 1. The third-order valence-electron chi connectivity index (χ3n) is 3.57. The van der Waals surface area contributed by atoms with E-state index in [-0.39, 0.29) is 17.5 Å². The van der Waals surface area contributed by atoms with Gasteiger partial charge >= 0.3 is 0 Å². The van der Waals surface area contributed by atoms with Crippen molar-refractivity contribution in [3.63, 3.8) is 0 Å². The number of para-hydroxylation sites is 1. The first-order chi connectivity index (χ1) is 10.1. The second-order valence-electron chi connectivity index (χ2n) is 5.03. The molecule has 5 nitrogen and oxygen atoms in total. The average Bonchev–Trinajstić information content (AvgIpc) is 2.51. The molecule has 0 fully saturated rings. The van der Waals surface area contributed by atoms with Crippen molar-refractivity contribution >= 4 is 20.7 Å². The van der Waals surface area contributed by atoms with Gasteiger partial charge in [0.05, 0.1) is 23.0 Å². The van der Waals surface area contributed by atoms with Crippen molar-refractivity contribution in [2.45, 2.75) is 25.8 Å². The average molecular weight is 307 g/mol.